The molecule has 0 saturated heterocycles. The second-order valence-electron chi connectivity index (χ2n) is 8.21. The molecule has 0 fully saturated rings. The molecule has 0 aliphatic carbocycles. The summed E-state index contributed by atoms with van der Waals surface area (Å²) in [6, 6.07) is 19.1. The summed E-state index contributed by atoms with van der Waals surface area (Å²) in [6.45, 7) is 10.0. The van der Waals surface area contributed by atoms with Crippen LogP contribution in [0, 0.1) is 6.92 Å². The molecule has 1 amide bonds. The molecule has 32 heavy (non-hydrogen) atoms. The van der Waals surface area contributed by atoms with E-state index < -0.39 is 0 Å². The molecule has 0 aliphatic rings. The number of carbonyl (C=O) groups excluding carboxylic acids is 1. The van der Waals surface area contributed by atoms with Gasteiger partial charge in [-0.3, -0.25) is 9.78 Å². The highest BCUT2D eigenvalue weighted by Crippen LogP contribution is 2.24. The van der Waals surface area contributed by atoms with Gasteiger partial charge < -0.3 is 14.8 Å². The topological polar surface area (TPSA) is 60.5 Å². The second kappa shape index (κ2) is 10.9. The molecule has 5 nitrogen and oxygen atoms in total. The van der Waals surface area contributed by atoms with Crippen molar-refractivity contribution in [1.29, 1.82) is 0 Å². The van der Waals surface area contributed by atoms with E-state index in [1.165, 1.54) is 5.56 Å². The number of rotatable bonds is 9. The Balaban J connectivity index is 1.60. The lowest BCUT2D eigenvalue weighted by molar-refractivity contribution is 0.0190. The molecule has 0 saturated carbocycles. The van der Waals surface area contributed by atoms with E-state index in [-0.39, 0.29) is 18.1 Å². The van der Waals surface area contributed by atoms with Crippen LogP contribution in [0.1, 0.15) is 55.0 Å². The zero-order chi connectivity index (χ0) is 23.1. The van der Waals surface area contributed by atoms with E-state index in [2.05, 4.69) is 29.4 Å². The Morgan fingerprint density at radius 1 is 0.938 bits per heavy atom. The third-order valence-electron chi connectivity index (χ3n) is 5.07. The van der Waals surface area contributed by atoms with Crippen molar-refractivity contribution in [2.24, 2.45) is 0 Å². The molecule has 3 aromatic rings. The van der Waals surface area contributed by atoms with E-state index in [1.54, 1.807) is 0 Å². The number of carbonyl (C=O) groups is 1. The highest BCUT2D eigenvalue weighted by Gasteiger charge is 2.13. The van der Waals surface area contributed by atoms with Gasteiger partial charge in [-0.05, 0) is 88.2 Å². The van der Waals surface area contributed by atoms with Crippen LogP contribution in [0.5, 0.6) is 11.5 Å². The predicted octanol–water partition coefficient (Wildman–Crippen LogP) is 6.35. The minimum atomic E-state index is -0.183. The minimum absolute atomic E-state index is 0.0758. The average molecular weight is 433 g/mol. The second-order valence-corrected chi connectivity index (χ2v) is 8.21. The fourth-order valence-electron chi connectivity index (χ4n) is 3.51. The van der Waals surface area contributed by atoms with Crippen molar-refractivity contribution in [3.8, 4) is 11.5 Å². The monoisotopic (exact) mass is 432 g/mol. The molecule has 0 bridgehead atoms. The largest absolute Gasteiger partial charge is 0.457 e. The van der Waals surface area contributed by atoms with Crippen LogP contribution >= 0.6 is 0 Å². The van der Waals surface area contributed by atoms with Gasteiger partial charge in [-0.25, -0.2) is 0 Å². The highest BCUT2D eigenvalue weighted by molar-refractivity contribution is 6.05. The lowest BCUT2D eigenvalue weighted by Crippen LogP contribution is -2.18. The Hall–Kier alpha value is -3.18. The Labute approximate surface area is 190 Å². The first kappa shape index (κ1) is 23.5. The molecular weight excluding hydrogens is 400 g/mol. The van der Waals surface area contributed by atoms with Gasteiger partial charge in [-0.1, -0.05) is 19.1 Å². The van der Waals surface area contributed by atoms with Gasteiger partial charge in [0.15, 0.2) is 0 Å². The molecule has 1 unspecified atom stereocenters. The van der Waals surface area contributed by atoms with Crippen LogP contribution in [0.25, 0.3) is 0 Å². The van der Waals surface area contributed by atoms with Crippen LogP contribution in [0.2, 0.25) is 0 Å². The van der Waals surface area contributed by atoms with Crippen molar-refractivity contribution < 1.29 is 14.3 Å². The van der Waals surface area contributed by atoms with Crippen molar-refractivity contribution in [3.05, 3.63) is 83.2 Å². The molecule has 0 aliphatic heterocycles. The summed E-state index contributed by atoms with van der Waals surface area (Å²) in [4.78, 5) is 17.3. The molecule has 1 aromatic heterocycles. The molecule has 3 rings (SSSR count). The number of hydrogen-bond acceptors (Lipinski definition) is 4. The third-order valence-corrected chi connectivity index (χ3v) is 5.07. The van der Waals surface area contributed by atoms with E-state index in [1.807, 2.05) is 76.2 Å². The SMILES string of the molecule is CCc1ccc(Oc2ccc(NC(=O)c3ccc(CC(C)OC(C)C)nc3C)cc2)cc1. The molecule has 1 atom stereocenters. The molecule has 1 heterocycles. The number of ether oxygens (including phenoxy) is 2. The van der Waals surface area contributed by atoms with E-state index in [0.29, 0.717) is 29.1 Å². The Morgan fingerprint density at radius 3 is 2.12 bits per heavy atom. The number of benzene rings is 2. The van der Waals surface area contributed by atoms with Gasteiger partial charge in [-0.2, -0.15) is 0 Å². The van der Waals surface area contributed by atoms with E-state index in [4.69, 9.17) is 9.47 Å². The maximum atomic E-state index is 12.7. The predicted molar refractivity (Wildman–Crippen MR) is 129 cm³/mol. The maximum absolute atomic E-state index is 12.7. The van der Waals surface area contributed by atoms with Gasteiger partial charge in [0.2, 0.25) is 0 Å². The van der Waals surface area contributed by atoms with Crippen molar-refractivity contribution in [1.82, 2.24) is 4.98 Å². The first-order valence-corrected chi connectivity index (χ1v) is 11.1. The number of amides is 1. The number of nitrogens with one attached hydrogen (secondary N) is 1. The number of aryl methyl sites for hydroxylation is 2. The molecular formula is C27H32N2O3. The summed E-state index contributed by atoms with van der Waals surface area (Å²) in [6.07, 6.45) is 1.96. The zero-order valence-electron chi connectivity index (χ0n) is 19.5. The standard InChI is InChI=1S/C27H32N2O3/c1-6-21-7-12-24(13-8-21)32-25-14-9-22(10-15-25)29-27(30)26-16-11-23(28-20(26)5)17-19(4)31-18(2)3/h7-16,18-19H,6,17H2,1-5H3,(H,29,30). The van der Waals surface area contributed by atoms with Gasteiger partial charge in [0.05, 0.1) is 23.5 Å². The number of hydrogen-bond donors (Lipinski definition) is 1. The molecule has 0 spiro atoms. The fraction of sp³-hybridized carbons (Fsp3) is 0.333. The number of pyridine rings is 1. The van der Waals surface area contributed by atoms with Crippen LogP contribution in [0.3, 0.4) is 0 Å². The average Bonchev–Trinajstić information content (AvgIpc) is 2.75. The lowest BCUT2D eigenvalue weighted by atomic mass is 10.1. The van der Waals surface area contributed by atoms with Crippen LogP contribution in [0.4, 0.5) is 5.69 Å². The third kappa shape index (κ3) is 6.66. The normalized spacial score (nSPS) is 11.9. The van der Waals surface area contributed by atoms with Crippen LogP contribution in [0.15, 0.2) is 60.7 Å². The van der Waals surface area contributed by atoms with E-state index in [9.17, 15) is 4.79 Å². The molecule has 1 N–H and O–H groups in total. The first-order chi connectivity index (χ1) is 15.3. The summed E-state index contributed by atoms with van der Waals surface area (Å²) in [5.74, 6) is 1.32. The summed E-state index contributed by atoms with van der Waals surface area (Å²) in [7, 11) is 0. The van der Waals surface area contributed by atoms with Crippen LogP contribution in [-0.4, -0.2) is 23.1 Å². The molecule has 168 valence electrons. The van der Waals surface area contributed by atoms with Crippen LogP contribution in [-0.2, 0) is 17.6 Å². The smallest absolute Gasteiger partial charge is 0.257 e. The van der Waals surface area contributed by atoms with Gasteiger partial charge in [0.25, 0.3) is 5.91 Å². The van der Waals surface area contributed by atoms with E-state index >= 15 is 0 Å². The summed E-state index contributed by atoms with van der Waals surface area (Å²) in [5, 5.41) is 2.93. The lowest BCUT2D eigenvalue weighted by Gasteiger charge is -2.16. The number of aromatic nitrogens is 1. The number of nitrogens with zero attached hydrogens (tertiary/aromatic N) is 1. The summed E-state index contributed by atoms with van der Waals surface area (Å²) >= 11 is 0. The summed E-state index contributed by atoms with van der Waals surface area (Å²) < 4.78 is 11.7. The maximum Gasteiger partial charge on any atom is 0.257 e. The highest BCUT2D eigenvalue weighted by atomic mass is 16.5. The Bertz CT molecular complexity index is 1030. The minimum Gasteiger partial charge on any atom is -0.457 e. The number of anilines is 1. The van der Waals surface area contributed by atoms with Gasteiger partial charge in [-0.15, -0.1) is 0 Å². The quantitative estimate of drug-likeness (QED) is 0.428. The Kier molecular flexibility index (Phi) is 8.01. The zero-order valence-corrected chi connectivity index (χ0v) is 19.5. The van der Waals surface area contributed by atoms with Crippen molar-refractivity contribution >= 4 is 11.6 Å². The molecule has 2 aromatic carbocycles. The summed E-state index contributed by atoms with van der Waals surface area (Å²) in [5.41, 5.74) is 4.15. The molecule has 0 radical (unpaired) electrons. The van der Waals surface area contributed by atoms with Gasteiger partial charge >= 0.3 is 0 Å². The van der Waals surface area contributed by atoms with Crippen molar-refractivity contribution in [3.63, 3.8) is 0 Å². The van der Waals surface area contributed by atoms with Gasteiger partial charge in [0, 0.05) is 17.8 Å². The fourth-order valence-corrected chi connectivity index (χ4v) is 3.51. The van der Waals surface area contributed by atoms with Crippen molar-refractivity contribution in [2.45, 2.75) is 59.7 Å². The van der Waals surface area contributed by atoms with Gasteiger partial charge in [0.1, 0.15) is 11.5 Å². The first-order valence-electron chi connectivity index (χ1n) is 11.1. The molecule has 5 heteroatoms. The van der Waals surface area contributed by atoms with Crippen molar-refractivity contribution in [2.75, 3.05) is 5.32 Å². The van der Waals surface area contributed by atoms with Crippen LogP contribution < -0.4 is 10.1 Å². The Morgan fingerprint density at radius 2 is 1.56 bits per heavy atom. The van der Waals surface area contributed by atoms with E-state index in [0.717, 1.165) is 17.9 Å².